The van der Waals surface area contributed by atoms with Gasteiger partial charge in [-0.05, 0) is 25.7 Å². The van der Waals surface area contributed by atoms with Crippen molar-refractivity contribution in [3.8, 4) is 0 Å². The number of Topliss-reactive ketones (excluding diaryl/α,β-unsaturated/α-hetero) is 2. The Morgan fingerprint density at radius 3 is 0.686 bits per heavy atom. The van der Waals surface area contributed by atoms with Crippen LogP contribution in [0, 0.1) is 0 Å². The second kappa shape index (κ2) is 29.6. The highest BCUT2D eigenvalue weighted by atomic mass is 16.1. The smallest absolute Gasteiger partial charge is 0.132 e. The minimum atomic E-state index is 0.438. The molecule has 0 aromatic heterocycles. The van der Waals surface area contributed by atoms with Crippen molar-refractivity contribution in [1.29, 1.82) is 0 Å². The molecule has 0 unspecified atom stereocenters. The Balaban J connectivity index is 3.27. The van der Waals surface area contributed by atoms with Gasteiger partial charge in [0.05, 0.1) is 0 Å². The molecule has 0 atom stereocenters. The number of carbonyl (C=O) groups excluding carboxylic acids is 2. The van der Waals surface area contributed by atoms with Crippen LogP contribution in [0.15, 0.2) is 0 Å². The molecule has 35 heavy (non-hydrogen) atoms. The summed E-state index contributed by atoms with van der Waals surface area (Å²) in [7, 11) is 0. The SMILES string of the molecule is CCCCCCCCCCCCCC(=O)CCCCCC(=O)CCCCCCCCCCCCC. The minimum Gasteiger partial charge on any atom is -0.300 e. The number of ketones is 2. The van der Waals surface area contributed by atoms with Crippen molar-refractivity contribution in [1.82, 2.24) is 0 Å². The second-order valence-electron chi connectivity index (χ2n) is 11.2. The Kier molecular flexibility index (Phi) is 29.0. The lowest BCUT2D eigenvalue weighted by Crippen LogP contribution is -2.00. The molecule has 2 heteroatoms. The molecule has 0 heterocycles. The first kappa shape index (κ1) is 34.3. The molecule has 0 spiro atoms. The standard InChI is InChI=1S/C33H64O2/c1-3-5-7-9-11-13-15-17-19-21-24-28-32(34)30-26-23-27-31-33(35)29-25-22-20-18-16-14-12-10-8-6-4-2/h3-31H2,1-2H3. The normalized spacial score (nSPS) is 11.3. The number of unbranched alkanes of at least 4 members (excludes halogenated alkanes) is 22. The lowest BCUT2D eigenvalue weighted by Gasteiger charge is -2.04. The molecule has 0 saturated heterocycles. The largest absolute Gasteiger partial charge is 0.300 e. The summed E-state index contributed by atoms with van der Waals surface area (Å²) < 4.78 is 0. The lowest BCUT2D eigenvalue weighted by molar-refractivity contribution is -0.119. The van der Waals surface area contributed by atoms with Crippen molar-refractivity contribution in [2.24, 2.45) is 0 Å². The van der Waals surface area contributed by atoms with Gasteiger partial charge in [0.2, 0.25) is 0 Å². The van der Waals surface area contributed by atoms with E-state index in [4.69, 9.17) is 0 Å². The van der Waals surface area contributed by atoms with E-state index in [9.17, 15) is 9.59 Å². The van der Waals surface area contributed by atoms with Crippen LogP contribution in [-0.4, -0.2) is 11.6 Å². The van der Waals surface area contributed by atoms with Crippen molar-refractivity contribution in [2.45, 2.75) is 200 Å². The Bertz CT molecular complexity index is 402. The van der Waals surface area contributed by atoms with Crippen molar-refractivity contribution in [3.63, 3.8) is 0 Å². The van der Waals surface area contributed by atoms with Gasteiger partial charge in [-0.3, -0.25) is 9.59 Å². The van der Waals surface area contributed by atoms with E-state index in [0.717, 1.165) is 57.8 Å². The number of hydrogen-bond donors (Lipinski definition) is 0. The summed E-state index contributed by atoms with van der Waals surface area (Å²) >= 11 is 0. The van der Waals surface area contributed by atoms with Crippen LogP contribution >= 0.6 is 0 Å². The van der Waals surface area contributed by atoms with Gasteiger partial charge in [0.1, 0.15) is 11.6 Å². The fourth-order valence-electron chi connectivity index (χ4n) is 5.04. The first-order chi connectivity index (χ1) is 17.2. The van der Waals surface area contributed by atoms with Crippen LogP contribution in [-0.2, 0) is 9.59 Å². The molecule has 2 nitrogen and oxygen atoms in total. The molecule has 0 radical (unpaired) electrons. The molecule has 0 aliphatic rings. The molecular weight excluding hydrogens is 428 g/mol. The van der Waals surface area contributed by atoms with Crippen molar-refractivity contribution in [2.75, 3.05) is 0 Å². The molecule has 0 N–H and O–H groups in total. The fourth-order valence-corrected chi connectivity index (χ4v) is 5.04. The highest BCUT2D eigenvalue weighted by Gasteiger charge is 2.05. The Morgan fingerprint density at radius 2 is 0.457 bits per heavy atom. The van der Waals surface area contributed by atoms with E-state index >= 15 is 0 Å². The van der Waals surface area contributed by atoms with Crippen molar-refractivity contribution >= 4 is 11.6 Å². The molecule has 208 valence electrons. The molecule has 0 aliphatic heterocycles. The summed E-state index contributed by atoms with van der Waals surface area (Å²) in [6.45, 7) is 4.54. The third kappa shape index (κ3) is 29.5. The average molecular weight is 493 g/mol. The molecule has 0 aromatic carbocycles. The van der Waals surface area contributed by atoms with E-state index in [1.165, 1.54) is 128 Å². The summed E-state index contributed by atoms with van der Waals surface area (Å²) in [5, 5.41) is 0. The Hall–Kier alpha value is -0.660. The van der Waals surface area contributed by atoms with Gasteiger partial charge in [0.15, 0.2) is 0 Å². The van der Waals surface area contributed by atoms with Gasteiger partial charge in [-0.1, -0.05) is 149 Å². The summed E-state index contributed by atoms with van der Waals surface area (Å²) in [6.07, 6.45) is 35.3. The van der Waals surface area contributed by atoms with Crippen LogP contribution in [0.25, 0.3) is 0 Å². The van der Waals surface area contributed by atoms with E-state index in [0.29, 0.717) is 11.6 Å². The van der Waals surface area contributed by atoms with Gasteiger partial charge in [-0.15, -0.1) is 0 Å². The Morgan fingerprint density at radius 1 is 0.286 bits per heavy atom. The molecule has 0 saturated carbocycles. The monoisotopic (exact) mass is 492 g/mol. The van der Waals surface area contributed by atoms with Gasteiger partial charge >= 0.3 is 0 Å². The molecule has 0 amide bonds. The lowest BCUT2D eigenvalue weighted by atomic mass is 10.0. The van der Waals surface area contributed by atoms with Crippen LogP contribution < -0.4 is 0 Å². The third-order valence-electron chi connectivity index (χ3n) is 7.53. The number of carbonyl (C=O) groups is 2. The predicted molar refractivity (Wildman–Crippen MR) is 155 cm³/mol. The molecular formula is C33H64O2. The maximum Gasteiger partial charge on any atom is 0.132 e. The zero-order chi connectivity index (χ0) is 25.7. The van der Waals surface area contributed by atoms with Crippen molar-refractivity contribution < 1.29 is 9.59 Å². The molecule has 0 aromatic rings. The van der Waals surface area contributed by atoms with Crippen LogP contribution in [0.5, 0.6) is 0 Å². The van der Waals surface area contributed by atoms with Crippen LogP contribution in [0.2, 0.25) is 0 Å². The highest BCUT2D eigenvalue weighted by molar-refractivity contribution is 5.78. The molecule has 0 bridgehead atoms. The topological polar surface area (TPSA) is 34.1 Å². The zero-order valence-corrected chi connectivity index (χ0v) is 24.3. The summed E-state index contributed by atoms with van der Waals surface area (Å²) in [4.78, 5) is 24.1. The number of hydrogen-bond acceptors (Lipinski definition) is 2. The first-order valence-corrected chi connectivity index (χ1v) is 16.2. The number of rotatable bonds is 30. The van der Waals surface area contributed by atoms with Crippen LogP contribution in [0.3, 0.4) is 0 Å². The second-order valence-corrected chi connectivity index (χ2v) is 11.2. The summed E-state index contributed by atoms with van der Waals surface area (Å²) in [5.74, 6) is 0.876. The summed E-state index contributed by atoms with van der Waals surface area (Å²) in [5.41, 5.74) is 0. The third-order valence-corrected chi connectivity index (χ3v) is 7.53. The van der Waals surface area contributed by atoms with Gasteiger partial charge in [-0.25, -0.2) is 0 Å². The highest BCUT2D eigenvalue weighted by Crippen LogP contribution is 2.15. The molecule has 0 aliphatic carbocycles. The molecule has 0 fully saturated rings. The minimum absolute atomic E-state index is 0.438. The van der Waals surface area contributed by atoms with E-state index in [1.54, 1.807) is 0 Å². The average Bonchev–Trinajstić information content (AvgIpc) is 2.85. The first-order valence-electron chi connectivity index (χ1n) is 16.2. The van der Waals surface area contributed by atoms with Gasteiger partial charge in [-0.2, -0.15) is 0 Å². The fraction of sp³-hybridized carbons (Fsp3) is 0.939. The quantitative estimate of drug-likeness (QED) is 0.0934. The van der Waals surface area contributed by atoms with Crippen LogP contribution in [0.1, 0.15) is 200 Å². The van der Waals surface area contributed by atoms with Gasteiger partial charge < -0.3 is 0 Å². The molecule has 0 rings (SSSR count). The van der Waals surface area contributed by atoms with E-state index < -0.39 is 0 Å². The predicted octanol–water partition coefficient (Wildman–Crippen LogP) is 11.5. The van der Waals surface area contributed by atoms with Crippen LogP contribution in [0.4, 0.5) is 0 Å². The van der Waals surface area contributed by atoms with Gasteiger partial charge in [0.25, 0.3) is 0 Å². The summed E-state index contributed by atoms with van der Waals surface area (Å²) in [6, 6.07) is 0. The zero-order valence-electron chi connectivity index (χ0n) is 24.3. The maximum absolute atomic E-state index is 12.1. The Labute approximate surface area is 221 Å². The van der Waals surface area contributed by atoms with E-state index in [-0.39, 0.29) is 0 Å². The van der Waals surface area contributed by atoms with Gasteiger partial charge in [0, 0.05) is 25.7 Å². The van der Waals surface area contributed by atoms with Crippen molar-refractivity contribution in [3.05, 3.63) is 0 Å². The van der Waals surface area contributed by atoms with E-state index in [2.05, 4.69) is 13.8 Å². The maximum atomic E-state index is 12.1. The van der Waals surface area contributed by atoms with E-state index in [1.807, 2.05) is 0 Å².